The molecule has 1 aliphatic carbocycles. The Bertz CT molecular complexity index is 512. The van der Waals surface area contributed by atoms with E-state index in [2.05, 4.69) is 0 Å². The normalized spacial score (nSPS) is 21.0. The van der Waals surface area contributed by atoms with E-state index in [1.54, 1.807) is 18.2 Å². The van der Waals surface area contributed by atoms with Crippen LogP contribution >= 0.6 is 0 Å². The molecule has 0 spiro atoms. The smallest absolute Gasteiger partial charge is 0.333 e. The van der Waals surface area contributed by atoms with Gasteiger partial charge in [-0.05, 0) is 44.7 Å². The third-order valence-electron chi connectivity index (χ3n) is 3.68. The molecule has 0 unspecified atom stereocenters. The van der Waals surface area contributed by atoms with E-state index in [1.807, 2.05) is 25.8 Å². The summed E-state index contributed by atoms with van der Waals surface area (Å²) in [6, 6.07) is 5.13. The van der Waals surface area contributed by atoms with Gasteiger partial charge in [0.05, 0.1) is 17.1 Å². The highest BCUT2D eigenvalue weighted by molar-refractivity contribution is 5.69. The van der Waals surface area contributed by atoms with Gasteiger partial charge in [0.2, 0.25) is 0 Å². The molecule has 0 amide bonds. The molecule has 1 aliphatic rings. The molecule has 0 atom stereocenters. The fourth-order valence-electron chi connectivity index (χ4n) is 2.69. The summed E-state index contributed by atoms with van der Waals surface area (Å²) in [7, 11) is 1.84. The zero-order valence-corrected chi connectivity index (χ0v) is 12.7. The molecule has 1 aromatic carbocycles. The van der Waals surface area contributed by atoms with Crippen LogP contribution in [0, 0.1) is 16.0 Å². The summed E-state index contributed by atoms with van der Waals surface area (Å²) in [6.45, 7) is 4.38. The Morgan fingerprint density at radius 1 is 1.48 bits per heavy atom. The topological polar surface area (TPSA) is 75.8 Å². The van der Waals surface area contributed by atoms with E-state index < -0.39 is 0 Å². The number of hydrogen-bond acceptors (Lipinski definition) is 5. The minimum absolute atomic E-state index is 0.00794. The third kappa shape index (κ3) is 3.64. The Balaban J connectivity index is 2.22. The Labute approximate surface area is 124 Å². The number of nitrogens with zero attached hydrogens (tertiary/aromatic N) is 2. The lowest BCUT2D eigenvalue weighted by molar-refractivity contribution is -0.385. The number of para-hydroxylation sites is 1. The van der Waals surface area contributed by atoms with E-state index >= 15 is 0 Å². The van der Waals surface area contributed by atoms with E-state index in [-0.39, 0.29) is 22.8 Å². The first-order chi connectivity index (χ1) is 9.88. The summed E-state index contributed by atoms with van der Waals surface area (Å²) < 4.78 is 5.55. The Kier molecular flexibility index (Phi) is 4.67. The molecule has 0 saturated heterocycles. The molecule has 0 bridgehead atoms. The number of benzene rings is 1. The van der Waals surface area contributed by atoms with Crippen molar-refractivity contribution < 1.29 is 14.8 Å². The van der Waals surface area contributed by atoms with Gasteiger partial charge in [-0.3, -0.25) is 10.1 Å². The van der Waals surface area contributed by atoms with Crippen molar-refractivity contribution in [3.8, 4) is 5.75 Å². The summed E-state index contributed by atoms with van der Waals surface area (Å²) >= 11 is 0. The highest BCUT2D eigenvalue weighted by Crippen LogP contribution is 2.38. The quantitative estimate of drug-likeness (QED) is 0.644. The standard InChI is InChI=1S/C15H22N2O4/c1-10(2)21-14-6-4-5-13(15(14)17(19)20)16(3)9-11-7-12(18)8-11/h4-6,10-12,18H,7-9H2,1-3H3. The van der Waals surface area contributed by atoms with Gasteiger partial charge in [0.25, 0.3) is 0 Å². The molecule has 0 radical (unpaired) electrons. The van der Waals surface area contributed by atoms with Crippen LogP contribution in [0.4, 0.5) is 11.4 Å². The molecule has 0 heterocycles. The van der Waals surface area contributed by atoms with Crippen molar-refractivity contribution >= 4 is 11.4 Å². The Hall–Kier alpha value is -1.82. The van der Waals surface area contributed by atoms with Crippen LogP contribution in [-0.4, -0.2) is 35.8 Å². The van der Waals surface area contributed by atoms with Gasteiger partial charge in [0, 0.05) is 13.6 Å². The minimum Gasteiger partial charge on any atom is -0.484 e. The molecule has 0 aliphatic heterocycles. The monoisotopic (exact) mass is 294 g/mol. The number of ether oxygens (including phenoxy) is 1. The third-order valence-corrected chi connectivity index (χ3v) is 3.68. The lowest BCUT2D eigenvalue weighted by Crippen LogP contribution is -2.37. The number of hydrogen-bond donors (Lipinski definition) is 1. The largest absolute Gasteiger partial charge is 0.484 e. The maximum atomic E-state index is 11.4. The molecule has 1 aromatic rings. The minimum atomic E-state index is -0.390. The molecule has 1 N–H and O–H groups in total. The van der Waals surface area contributed by atoms with E-state index in [1.165, 1.54) is 0 Å². The zero-order chi connectivity index (χ0) is 15.6. The predicted octanol–water partition coefficient (Wildman–Crippen LogP) is 2.59. The lowest BCUT2D eigenvalue weighted by atomic mass is 9.82. The Morgan fingerprint density at radius 2 is 2.14 bits per heavy atom. The second-order valence-corrected chi connectivity index (χ2v) is 5.92. The van der Waals surface area contributed by atoms with Crippen molar-refractivity contribution in [3.05, 3.63) is 28.3 Å². The number of anilines is 1. The number of aliphatic hydroxyl groups is 1. The van der Waals surface area contributed by atoms with Gasteiger partial charge in [-0.25, -0.2) is 0 Å². The van der Waals surface area contributed by atoms with Crippen LogP contribution in [-0.2, 0) is 0 Å². The fraction of sp³-hybridized carbons (Fsp3) is 0.600. The van der Waals surface area contributed by atoms with Gasteiger partial charge in [-0.15, -0.1) is 0 Å². The van der Waals surface area contributed by atoms with Crippen molar-refractivity contribution in [2.24, 2.45) is 5.92 Å². The number of nitro groups is 1. The maximum absolute atomic E-state index is 11.4. The molecular formula is C15H22N2O4. The summed E-state index contributed by atoms with van der Waals surface area (Å²) in [5.41, 5.74) is 0.563. The second kappa shape index (κ2) is 6.30. The first-order valence-electron chi connectivity index (χ1n) is 7.21. The molecule has 6 nitrogen and oxygen atoms in total. The van der Waals surface area contributed by atoms with Gasteiger partial charge >= 0.3 is 5.69 Å². The first-order valence-corrected chi connectivity index (χ1v) is 7.21. The molecule has 1 saturated carbocycles. The SMILES string of the molecule is CC(C)Oc1cccc(N(C)CC2CC(O)C2)c1[N+](=O)[O-]. The van der Waals surface area contributed by atoms with Crippen molar-refractivity contribution in [2.45, 2.75) is 38.9 Å². The van der Waals surface area contributed by atoms with E-state index in [9.17, 15) is 15.2 Å². The fourth-order valence-corrected chi connectivity index (χ4v) is 2.69. The van der Waals surface area contributed by atoms with Crippen molar-refractivity contribution in [1.29, 1.82) is 0 Å². The molecular weight excluding hydrogens is 272 g/mol. The maximum Gasteiger partial charge on any atom is 0.333 e. The summed E-state index contributed by atoms with van der Waals surface area (Å²) in [6.07, 6.45) is 1.20. The van der Waals surface area contributed by atoms with Gasteiger partial charge in [-0.1, -0.05) is 6.07 Å². The number of aliphatic hydroxyl groups excluding tert-OH is 1. The van der Waals surface area contributed by atoms with Gasteiger partial charge in [-0.2, -0.15) is 0 Å². The molecule has 1 fully saturated rings. The van der Waals surface area contributed by atoms with E-state index in [4.69, 9.17) is 4.74 Å². The lowest BCUT2D eigenvalue weighted by Gasteiger charge is -2.35. The average molecular weight is 294 g/mol. The highest BCUT2D eigenvalue weighted by Gasteiger charge is 2.30. The van der Waals surface area contributed by atoms with Crippen molar-refractivity contribution in [2.75, 3.05) is 18.5 Å². The van der Waals surface area contributed by atoms with Crippen LogP contribution in [0.2, 0.25) is 0 Å². The van der Waals surface area contributed by atoms with E-state index in [0.717, 1.165) is 12.8 Å². The predicted molar refractivity (Wildman–Crippen MR) is 80.9 cm³/mol. The molecule has 6 heteroatoms. The van der Waals surface area contributed by atoms with Gasteiger partial charge < -0.3 is 14.7 Å². The van der Waals surface area contributed by atoms with Crippen LogP contribution < -0.4 is 9.64 Å². The Morgan fingerprint density at radius 3 is 2.67 bits per heavy atom. The van der Waals surface area contributed by atoms with Crippen LogP contribution in [0.5, 0.6) is 5.75 Å². The molecule has 2 rings (SSSR count). The second-order valence-electron chi connectivity index (χ2n) is 5.92. The van der Waals surface area contributed by atoms with Gasteiger partial charge in [0.1, 0.15) is 5.69 Å². The van der Waals surface area contributed by atoms with Crippen LogP contribution in [0.3, 0.4) is 0 Å². The first kappa shape index (κ1) is 15.6. The summed E-state index contributed by atoms with van der Waals surface area (Å²) in [4.78, 5) is 12.9. The van der Waals surface area contributed by atoms with E-state index in [0.29, 0.717) is 23.9 Å². The van der Waals surface area contributed by atoms with Crippen molar-refractivity contribution in [3.63, 3.8) is 0 Å². The van der Waals surface area contributed by atoms with Crippen molar-refractivity contribution in [1.82, 2.24) is 0 Å². The van der Waals surface area contributed by atoms with Crippen LogP contribution in [0.25, 0.3) is 0 Å². The zero-order valence-electron chi connectivity index (χ0n) is 12.7. The van der Waals surface area contributed by atoms with Crippen LogP contribution in [0.15, 0.2) is 18.2 Å². The molecule has 116 valence electrons. The summed E-state index contributed by atoms with van der Waals surface area (Å²) in [5.74, 6) is 0.687. The number of rotatable bonds is 6. The highest BCUT2D eigenvalue weighted by atomic mass is 16.6. The van der Waals surface area contributed by atoms with Gasteiger partial charge in [0.15, 0.2) is 5.75 Å². The molecule has 21 heavy (non-hydrogen) atoms. The average Bonchev–Trinajstić information content (AvgIpc) is 2.35. The molecule has 0 aromatic heterocycles. The number of nitro benzene ring substituents is 1. The van der Waals surface area contributed by atoms with Crippen LogP contribution in [0.1, 0.15) is 26.7 Å². The summed E-state index contributed by atoms with van der Waals surface area (Å²) in [5, 5.41) is 20.7.